The Morgan fingerprint density at radius 1 is 1.41 bits per heavy atom. The van der Waals surface area contributed by atoms with Crippen LogP contribution in [0, 0.1) is 0 Å². The predicted molar refractivity (Wildman–Crippen MR) is 90.5 cm³/mol. The Hall–Kier alpha value is -1.76. The van der Waals surface area contributed by atoms with E-state index < -0.39 is 0 Å². The molecule has 1 aliphatic rings. The summed E-state index contributed by atoms with van der Waals surface area (Å²) in [5, 5.41) is 10.3. The highest BCUT2D eigenvalue weighted by atomic mass is 35.5. The summed E-state index contributed by atoms with van der Waals surface area (Å²) in [5.41, 5.74) is 0.478. The molecular formula is C15H10ClNO3S2. The van der Waals surface area contributed by atoms with Gasteiger partial charge in [0.05, 0.1) is 17.7 Å². The second kappa shape index (κ2) is 6.16. The average Bonchev–Trinajstić information content (AvgIpc) is 3.08. The number of hydrogen-bond donors (Lipinski definition) is 1. The van der Waals surface area contributed by atoms with Gasteiger partial charge in [0.15, 0.2) is 0 Å². The Bertz CT molecular complexity index is 771. The van der Waals surface area contributed by atoms with E-state index in [4.69, 9.17) is 28.2 Å². The maximum Gasteiger partial charge on any atom is 0.266 e. The normalized spacial score (nSPS) is 16.8. The van der Waals surface area contributed by atoms with Crippen molar-refractivity contribution in [3.8, 4) is 5.75 Å². The highest BCUT2D eigenvalue weighted by Gasteiger charge is 2.32. The van der Waals surface area contributed by atoms with Crippen LogP contribution in [0.5, 0.6) is 5.75 Å². The number of halogens is 1. The van der Waals surface area contributed by atoms with E-state index >= 15 is 0 Å². The molecule has 22 heavy (non-hydrogen) atoms. The van der Waals surface area contributed by atoms with Crippen LogP contribution in [-0.4, -0.2) is 20.2 Å². The molecule has 1 amide bonds. The van der Waals surface area contributed by atoms with Crippen molar-refractivity contribution in [2.45, 2.75) is 6.54 Å². The highest BCUT2D eigenvalue weighted by molar-refractivity contribution is 8.26. The summed E-state index contributed by atoms with van der Waals surface area (Å²) in [6.45, 7) is 0.288. The van der Waals surface area contributed by atoms with E-state index in [2.05, 4.69) is 0 Å². The van der Waals surface area contributed by atoms with Crippen molar-refractivity contribution in [3.63, 3.8) is 0 Å². The third-order valence-electron chi connectivity index (χ3n) is 3.04. The summed E-state index contributed by atoms with van der Waals surface area (Å²) in [6.07, 6.45) is 3.13. The summed E-state index contributed by atoms with van der Waals surface area (Å²) in [6, 6.07) is 8.20. The van der Waals surface area contributed by atoms with Gasteiger partial charge in [0, 0.05) is 10.6 Å². The molecule has 2 heterocycles. The molecule has 3 rings (SSSR count). The van der Waals surface area contributed by atoms with Crippen LogP contribution in [0.3, 0.4) is 0 Å². The molecule has 0 spiro atoms. The predicted octanol–water partition coefficient (Wildman–Crippen LogP) is 4.04. The number of furan rings is 1. The van der Waals surface area contributed by atoms with Gasteiger partial charge in [-0.15, -0.1) is 0 Å². The number of aromatic hydroxyl groups is 1. The monoisotopic (exact) mass is 351 g/mol. The number of thioether (sulfide) groups is 1. The number of amides is 1. The van der Waals surface area contributed by atoms with Gasteiger partial charge >= 0.3 is 0 Å². The van der Waals surface area contributed by atoms with Crippen molar-refractivity contribution < 1.29 is 14.3 Å². The van der Waals surface area contributed by atoms with Crippen LogP contribution in [0.1, 0.15) is 11.3 Å². The Morgan fingerprint density at radius 2 is 2.23 bits per heavy atom. The molecular weight excluding hydrogens is 342 g/mol. The first-order valence-corrected chi connectivity index (χ1v) is 7.91. The number of carbonyl (C=O) groups excluding carboxylic acids is 1. The zero-order valence-electron chi connectivity index (χ0n) is 11.2. The standard InChI is InChI=1S/C15H10ClNO3S2/c16-10-3-4-12(18)9(6-10)7-13-14(19)17(15(21)22-13)8-11-2-1-5-20-11/h1-7,18H,8H2. The summed E-state index contributed by atoms with van der Waals surface area (Å²) in [7, 11) is 0. The molecule has 0 atom stereocenters. The number of nitrogens with zero attached hydrogens (tertiary/aromatic N) is 1. The fourth-order valence-corrected chi connectivity index (χ4v) is 3.40. The second-order valence-corrected chi connectivity index (χ2v) is 6.66. The number of carbonyl (C=O) groups is 1. The minimum Gasteiger partial charge on any atom is -0.507 e. The molecule has 4 nitrogen and oxygen atoms in total. The molecule has 0 radical (unpaired) electrons. The van der Waals surface area contributed by atoms with Gasteiger partial charge < -0.3 is 9.52 Å². The van der Waals surface area contributed by atoms with Crippen molar-refractivity contribution in [1.29, 1.82) is 0 Å². The molecule has 1 aromatic heterocycles. The Balaban J connectivity index is 1.87. The maximum absolute atomic E-state index is 12.4. The van der Waals surface area contributed by atoms with Gasteiger partial charge in [-0.1, -0.05) is 35.6 Å². The van der Waals surface area contributed by atoms with Gasteiger partial charge in [-0.2, -0.15) is 0 Å². The van der Waals surface area contributed by atoms with E-state index in [1.807, 2.05) is 0 Å². The average molecular weight is 352 g/mol. The molecule has 0 unspecified atom stereocenters. The summed E-state index contributed by atoms with van der Waals surface area (Å²) in [4.78, 5) is 14.3. The lowest BCUT2D eigenvalue weighted by molar-refractivity contribution is -0.122. The van der Waals surface area contributed by atoms with Crippen LogP contribution >= 0.6 is 35.6 Å². The van der Waals surface area contributed by atoms with Gasteiger partial charge in [0.25, 0.3) is 5.91 Å². The van der Waals surface area contributed by atoms with Crippen LogP contribution in [0.15, 0.2) is 45.9 Å². The lowest BCUT2D eigenvalue weighted by atomic mass is 10.2. The largest absolute Gasteiger partial charge is 0.507 e. The van der Waals surface area contributed by atoms with E-state index in [1.165, 1.54) is 22.7 Å². The van der Waals surface area contributed by atoms with Gasteiger partial charge in [-0.25, -0.2) is 0 Å². The molecule has 1 aromatic carbocycles. The van der Waals surface area contributed by atoms with Gasteiger partial charge in [0.2, 0.25) is 0 Å². The highest BCUT2D eigenvalue weighted by Crippen LogP contribution is 2.35. The first-order chi connectivity index (χ1) is 10.5. The Morgan fingerprint density at radius 3 is 2.95 bits per heavy atom. The lowest BCUT2D eigenvalue weighted by Gasteiger charge is -2.12. The molecule has 0 saturated carbocycles. The van der Waals surface area contributed by atoms with Crippen LogP contribution in [-0.2, 0) is 11.3 Å². The molecule has 1 saturated heterocycles. The molecule has 7 heteroatoms. The number of thiocarbonyl (C=S) groups is 1. The zero-order chi connectivity index (χ0) is 15.7. The van der Waals surface area contributed by atoms with Crippen molar-refractivity contribution in [3.05, 3.63) is 57.8 Å². The molecule has 1 fully saturated rings. The fourth-order valence-electron chi connectivity index (χ4n) is 1.98. The van der Waals surface area contributed by atoms with E-state index in [0.717, 1.165) is 0 Å². The molecule has 112 valence electrons. The van der Waals surface area contributed by atoms with Crippen LogP contribution in [0.4, 0.5) is 0 Å². The van der Waals surface area contributed by atoms with E-state index in [9.17, 15) is 9.90 Å². The van der Waals surface area contributed by atoms with Crippen molar-refractivity contribution in [1.82, 2.24) is 4.90 Å². The van der Waals surface area contributed by atoms with E-state index in [1.54, 1.807) is 36.6 Å². The number of rotatable bonds is 3. The molecule has 0 bridgehead atoms. The SMILES string of the molecule is O=C1C(=Cc2cc(Cl)ccc2O)SC(=S)N1Cc1ccco1. The third-order valence-corrected chi connectivity index (χ3v) is 4.66. The van der Waals surface area contributed by atoms with Crippen molar-refractivity contribution in [2.24, 2.45) is 0 Å². The van der Waals surface area contributed by atoms with Crippen molar-refractivity contribution >= 4 is 51.9 Å². The van der Waals surface area contributed by atoms with Gasteiger partial charge in [-0.3, -0.25) is 9.69 Å². The zero-order valence-corrected chi connectivity index (χ0v) is 13.5. The number of phenols is 1. The number of phenolic OH excluding ortho intramolecular Hbond substituents is 1. The molecule has 1 aliphatic heterocycles. The van der Waals surface area contributed by atoms with Crippen LogP contribution in [0.2, 0.25) is 5.02 Å². The smallest absolute Gasteiger partial charge is 0.266 e. The van der Waals surface area contributed by atoms with Crippen LogP contribution < -0.4 is 0 Å². The van der Waals surface area contributed by atoms with Crippen molar-refractivity contribution in [2.75, 3.05) is 0 Å². The fraction of sp³-hybridized carbons (Fsp3) is 0.0667. The Kier molecular flexibility index (Phi) is 4.24. The molecule has 1 N–H and O–H groups in total. The Labute approximate surface area is 141 Å². The third kappa shape index (κ3) is 3.04. The topological polar surface area (TPSA) is 53.7 Å². The number of hydrogen-bond acceptors (Lipinski definition) is 5. The van der Waals surface area contributed by atoms with Gasteiger partial charge in [-0.05, 0) is 36.4 Å². The van der Waals surface area contributed by atoms with E-state index in [-0.39, 0.29) is 18.2 Å². The quantitative estimate of drug-likeness (QED) is 0.668. The first-order valence-electron chi connectivity index (χ1n) is 6.31. The second-order valence-electron chi connectivity index (χ2n) is 4.55. The summed E-state index contributed by atoms with van der Waals surface area (Å²) in [5.74, 6) is 0.495. The summed E-state index contributed by atoms with van der Waals surface area (Å²) >= 11 is 12.3. The van der Waals surface area contributed by atoms with E-state index in [0.29, 0.717) is 25.6 Å². The summed E-state index contributed by atoms with van der Waals surface area (Å²) < 4.78 is 5.69. The maximum atomic E-state index is 12.4. The van der Waals surface area contributed by atoms with Gasteiger partial charge in [0.1, 0.15) is 15.8 Å². The molecule has 0 aliphatic carbocycles. The number of benzene rings is 1. The molecule has 2 aromatic rings. The van der Waals surface area contributed by atoms with Crippen LogP contribution in [0.25, 0.3) is 6.08 Å². The lowest BCUT2D eigenvalue weighted by Crippen LogP contribution is -2.27. The first kappa shape index (κ1) is 15.1. The minimum atomic E-state index is -0.217. The minimum absolute atomic E-state index is 0.0562.